The summed E-state index contributed by atoms with van der Waals surface area (Å²) < 4.78 is 5.20. The number of nitrogens with one attached hydrogen (secondary N) is 2. The van der Waals surface area contributed by atoms with E-state index in [4.69, 9.17) is 9.73 Å². The molecule has 2 heterocycles. The van der Waals surface area contributed by atoms with E-state index in [-0.39, 0.29) is 0 Å². The third kappa shape index (κ3) is 8.79. The van der Waals surface area contributed by atoms with Gasteiger partial charge in [0.25, 0.3) is 0 Å². The molecule has 174 valence electrons. The van der Waals surface area contributed by atoms with Gasteiger partial charge in [0.2, 0.25) is 0 Å². The minimum absolute atomic E-state index is 0.717. The Hall–Kier alpha value is -1.63. The van der Waals surface area contributed by atoms with Crippen molar-refractivity contribution in [2.75, 3.05) is 59.5 Å². The zero-order chi connectivity index (χ0) is 21.7. The van der Waals surface area contributed by atoms with E-state index < -0.39 is 0 Å². The average molecular weight is 430 g/mol. The molecule has 3 rings (SSSR count). The molecule has 0 aromatic heterocycles. The van der Waals surface area contributed by atoms with E-state index in [0.29, 0.717) is 0 Å². The Kier molecular flexibility index (Phi) is 10.6. The van der Waals surface area contributed by atoms with Gasteiger partial charge in [0.15, 0.2) is 5.96 Å². The van der Waals surface area contributed by atoms with Gasteiger partial charge in [0.05, 0.1) is 13.2 Å². The second-order valence-electron chi connectivity index (χ2n) is 9.01. The van der Waals surface area contributed by atoms with Crippen molar-refractivity contribution in [3.05, 3.63) is 35.4 Å². The van der Waals surface area contributed by atoms with Gasteiger partial charge in [-0.3, -0.25) is 4.90 Å². The molecule has 0 spiro atoms. The number of methoxy groups -OCH3 is 1. The highest BCUT2D eigenvalue weighted by molar-refractivity contribution is 5.79. The lowest BCUT2D eigenvalue weighted by Gasteiger charge is -2.32. The van der Waals surface area contributed by atoms with Crippen LogP contribution in [0.25, 0.3) is 0 Å². The van der Waals surface area contributed by atoms with Crippen LogP contribution in [-0.4, -0.2) is 75.3 Å². The van der Waals surface area contributed by atoms with Crippen molar-refractivity contribution in [1.82, 2.24) is 20.4 Å². The summed E-state index contributed by atoms with van der Waals surface area (Å²) in [7, 11) is 1.78. The van der Waals surface area contributed by atoms with Crippen molar-refractivity contribution in [3.63, 3.8) is 0 Å². The Balaban J connectivity index is 1.41. The van der Waals surface area contributed by atoms with Gasteiger partial charge in [-0.25, -0.2) is 4.99 Å². The van der Waals surface area contributed by atoms with Crippen LogP contribution in [0.3, 0.4) is 0 Å². The third-order valence-corrected chi connectivity index (χ3v) is 6.52. The Morgan fingerprint density at radius 1 is 0.968 bits per heavy atom. The van der Waals surface area contributed by atoms with Gasteiger partial charge in [0.1, 0.15) is 0 Å². The van der Waals surface area contributed by atoms with Crippen molar-refractivity contribution in [2.45, 2.75) is 52.1 Å². The number of hydrogen-bond acceptors (Lipinski definition) is 4. The molecule has 0 saturated carbocycles. The van der Waals surface area contributed by atoms with E-state index >= 15 is 0 Å². The van der Waals surface area contributed by atoms with E-state index in [1.165, 1.54) is 69.4 Å². The number of ether oxygens (including phenoxy) is 1. The summed E-state index contributed by atoms with van der Waals surface area (Å²) in [5.41, 5.74) is 2.68. The highest BCUT2D eigenvalue weighted by Gasteiger charge is 2.19. The molecule has 0 unspecified atom stereocenters. The van der Waals surface area contributed by atoms with Gasteiger partial charge in [-0.1, -0.05) is 30.7 Å². The molecule has 2 N–H and O–H groups in total. The maximum atomic E-state index is 5.20. The molecule has 0 atom stereocenters. The van der Waals surface area contributed by atoms with Crippen LogP contribution in [0.5, 0.6) is 0 Å². The molecular formula is C25H43N5O. The number of guanidine groups is 1. The Morgan fingerprint density at radius 3 is 2.35 bits per heavy atom. The second-order valence-corrected chi connectivity index (χ2v) is 9.01. The molecule has 0 aliphatic carbocycles. The summed E-state index contributed by atoms with van der Waals surface area (Å²) in [6.45, 7) is 12.5. The van der Waals surface area contributed by atoms with Gasteiger partial charge in [-0.05, 0) is 75.8 Å². The predicted octanol–water partition coefficient (Wildman–Crippen LogP) is 3.09. The van der Waals surface area contributed by atoms with Crippen molar-refractivity contribution in [3.8, 4) is 0 Å². The Morgan fingerprint density at radius 2 is 1.68 bits per heavy atom. The number of benzene rings is 1. The summed E-state index contributed by atoms with van der Waals surface area (Å²) in [5.74, 6) is 1.65. The monoisotopic (exact) mass is 429 g/mol. The molecule has 6 nitrogen and oxygen atoms in total. The normalized spacial score (nSPS) is 19.5. The average Bonchev–Trinajstić information content (AvgIpc) is 2.82. The molecular weight excluding hydrogens is 386 g/mol. The predicted molar refractivity (Wildman–Crippen MR) is 129 cm³/mol. The Bertz CT molecular complexity index is 634. The summed E-state index contributed by atoms with van der Waals surface area (Å²) in [5, 5.41) is 6.97. The maximum absolute atomic E-state index is 5.20. The Labute approximate surface area is 189 Å². The molecule has 0 amide bonds. The van der Waals surface area contributed by atoms with E-state index in [1.807, 2.05) is 0 Å². The lowest BCUT2D eigenvalue weighted by Crippen LogP contribution is -2.43. The largest absolute Gasteiger partial charge is 0.383 e. The molecule has 0 radical (unpaired) electrons. The zero-order valence-electron chi connectivity index (χ0n) is 19.7. The number of rotatable bonds is 10. The fraction of sp³-hybridized carbons (Fsp3) is 0.720. The number of aliphatic imine (C=N–C) groups is 1. The van der Waals surface area contributed by atoms with E-state index in [9.17, 15) is 0 Å². The zero-order valence-corrected chi connectivity index (χ0v) is 19.7. The summed E-state index contributed by atoms with van der Waals surface area (Å²) >= 11 is 0. The number of nitrogens with zero attached hydrogens (tertiary/aromatic N) is 3. The topological polar surface area (TPSA) is 52.1 Å². The summed E-state index contributed by atoms with van der Waals surface area (Å²) in [4.78, 5) is 9.91. The van der Waals surface area contributed by atoms with Gasteiger partial charge >= 0.3 is 0 Å². The van der Waals surface area contributed by atoms with Crippen LogP contribution < -0.4 is 10.6 Å². The van der Waals surface area contributed by atoms with Crippen LogP contribution >= 0.6 is 0 Å². The number of likely N-dealkylation sites (tertiary alicyclic amines) is 2. The standard InChI is InChI=1S/C25H43N5O/c1-3-26-25(28-20-23-11-15-29(16-12-23)17-18-31-2)27-19-22-7-9-24(10-8-22)21-30-13-5-4-6-14-30/h7-10,23H,3-6,11-21H2,1-2H3,(H2,26,27,28). The molecule has 2 fully saturated rings. The first-order valence-corrected chi connectivity index (χ1v) is 12.3. The first-order chi connectivity index (χ1) is 15.3. The van der Waals surface area contributed by atoms with Crippen LogP contribution in [0.2, 0.25) is 0 Å². The summed E-state index contributed by atoms with van der Waals surface area (Å²) in [6.07, 6.45) is 6.58. The van der Waals surface area contributed by atoms with Gasteiger partial charge in [-0.2, -0.15) is 0 Å². The maximum Gasteiger partial charge on any atom is 0.191 e. The van der Waals surface area contributed by atoms with Gasteiger partial charge < -0.3 is 20.3 Å². The molecule has 31 heavy (non-hydrogen) atoms. The van der Waals surface area contributed by atoms with E-state index in [2.05, 4.69) is 51.6 Å². The SMILES string of the molecule is CCNC(=NCc1ccc(CN2CCCCC2)cc1)NCC1CCN(CCOC)CC1. The molecule has 6 heteroatoms. The molecule has 2 saturated heterocycles. The van der Waals surface area contributed by atoms with Crippen LogP contribution in [-0.2, 0) is 17.8 Å². The van der Waals surface area contributed by atoms with E-state index in [0.717, 1.165) is 51.2 Å². The fourth-order valence-corrected chi connectivity index (χ4v) is 4.51. The van der Waals surface area contributed by atoms with Gasteiger partial charge in [-0.15, -0.1) is 0 Å². The third-order valence-electron chi connectivity index (χ3n) is 6.52. The highest BCUT2D eigenvalue weighted by atomic mass is 16.5. The molecule has 1 aromatic rings. The minimum Gasteiger partial charge on any atom is -0.383 e. The highest BCUT2D eigenvalue weighted by Crippen LogP contribution is 2.16. The van der Waals surface area contributed by atoms with Crippen LogP contribution in [0, 0.1) is 5.92 Å². The summed E-state index contributed by atoms with van der Waals surface area (Å²) in [6, 6.07) is 9.03. The smallest absolute Gasteiger partial charge is 0.191 e. The van der Waals surface area contributed by atoms with Crippen molar-refractivity contribution >= 4 is 5.96 Å². The number of hydrogen-bond donors (Lipinski definition) is 2. The molecule has 2 aliphatic heterocycles. The minimum atomic E-state index is 0.717. The number of piperidine rings is 2. The lowest BCUT2D eigenvalue weighted by atomic mass is 9.97. The molecule has 1 aromatic carbocycles. The van der Waals surface area contributed by atoms with Crippen molar-refractivity contribution in [2.24, 2.45) is 10.9 Å². The van der Waals surface area contributed by atoms with Crippen molar-refractivity contribution < 1.29 is 4.74 Å². The quantitative estimate of drug-likeness (QED) is 0.442. The first-order valence-electron chi connectivity index (χ1n) is 12.3. The molecule has 0 bridgehead atoms. The second kappa shape index (κ2) is 13.7. The van der Waals surface area contributed by atoms with Crippen molar-refractivity contribution in [1.29, 1.82) is 0 Å². The molecule has 2 aliphatic rings. The van der Waals surface area contributed by atoms with E-state index in [1.54, 1.807) is 7.11 Å². The first kappa shape index (κ1) is 24.0. The lowest BCUT2D eigenvalue weighted by molar-refractivity contribution is 0.121. The van der Waals surface area contributed by atoms with Gasteiger partial charge in [0, 0.05) is 33.3 Å². The van der Waals surface area contributed by atoms with Crippen LogP contribution in [0.1, 0.15) is 50.2 Å². The van der Waals surface area contributed by atoms with Crippen LogP contribution in [0.4, 0.5) is 0 Å². The fourth-order valence-electron chi connectivity index (χ4n) is 4.51. The van der Waals surface area contributed by atoms with Crippen LogP contribution in [0.15, 0.2) is 29.3 Å².